The molecule has 1 atom stereocenters. The summed E-state index contributed by atoms with van der Waals surface area (Å²) in [4.78, 5) is 37.4. The molecule has 0 saturated heterocycles. The van der Waals surface area contributed by atoms with E-state index in [1.807, 2.05) is 0 Å². The molecule has 0 aromatic carbocycles. The second kappa shape index (κ2) is 48.5. The number of ether oxygens (including phenoxy) is 3. The van der Waals surface area contributed by atoms with Crippen LogP contribution in [0.25, 0.3) is 0 Å². The van der Waals surface area contributed by atoms with Gasteiger partial charge in [-0.15, -0.1) is 0 Å². The summed E-state index contributed by atoms with van der Waals surface area (Å²) >= 11 is 0. The smallest absolute Gasteiger partial charge is 0.306 e. The van der Waals surface area contributed by atoms with Gasteiger partial charge in [0.15, 0.2) is 6.10 Å². The molecular formula is C54H92O6. The van der Waals surface area contributed by atoms with Crippen molar-refractivity contribution in [2.75, 3.05) is 13.2 Å². The number of allylic oxidation sites excluding steroid dienone is 12. The minimum Gasteiger partial charge on any atom is -0.462 e. The first-order valence-electron chi connectivity index (χ1n) is 24.9. The molecule has 0 N–H and O–H groups in total. The molecule has 0 aromatic rings. The zero-order valence-corrected chi connectivity index (χ0v) is 39.2. The maximum atomic E-state index is 12.6. The molecule has 344 valence electrons. The fourth-order valence-electron chi connectivity index (χ4n) is 6.74. The van der Waals surface area contributed by atoms with E-state index in [-0.39, 0.29) is 31.1 Å². The van der Waals surface area contributed by atoms with Gasteiger partial charge in [-0.3, -0.25) is 14.4 Å². The van der Waals surface area contributed by atoms with Gasteiger partial charge < -0.3 is 14.2 Å². The highest BCUT2D eigenvalue weighted by Crippen LogP contribution is 2.14. The van der Waals surface area contributed by atoms with Crippen LogP contribution >= 0.6 is 0 Å². The molecule has 0 fully saturated rings. The Kier molecular flexibility index (Phi) is 46.0. The van der Waals surface area contributed by atoms with Gasteiger partial charge >= 0.3 is 17.9 Å². The molecule has 0 radical (unpaired) electrons. The lowest BCUT2D eigenvalue weighted by Crippen LogP contribution is -2.30. The summed E-state index contributed by atoms with van der Waals surface area (Å²) in [5.74, 6) is -0.900. The Morgan fingerprint density at radius 3 is 1.02 bits per heavy atom. The fraction of sp³-hybridized carbons (Fsp3) is 0.722. The number of carbonyl (C=O) groups is 3. The van der Waals surface area contributed by atoms with E-state index in [9.17, 15) is 14.4 Å². The number of carbonyl (C=O) groups excluding carboxylic acids is 3. The van der Waals surface area contributed by atoms with Gasteiger partial charge in [-0.1, -0.05) is 216 Å². The van der Waals surface area contributed by atoms with Crippen LogP contribution in [0.4, 0.5) is 0 Å². The van der Waals surface area contributed by atoms with E-state index >= 15 is 0 Å². The summed E-state index contributed by atoms with van der Waals surface area (Å²) in [5, 5.41) is 0. The zero-order chi connectivity index (χ0) is 43.7. The largest absolute Gasteiger partial charge is 0.462 e. The van der Waals surface area contributed by atoms with Crippen molar-refractivity contribution >= 4 is 17.9 Å². The number of esters is 3. The fourth-order valence-corrected chi connectivity index (χ4v) is 6.74. The van der Waals surface area contributed by atoms with Gasteiger partial charge in [-0.05, 0) is 70.6 Å². The third-order valence-corrected chi connectivity index (χ3v) is 10.5. The molecule has 60 heavy (non-hydrogen) atoms. The molecule has 0 saturated carbocycles. The molecule has 0 aliphatic rings. The molecule has 1 unspecified atom stereocenters. The van der Waals surface area contributed by atoms with Crippen LogP contribution in [0.2, 0.25) is 0 Å². The van der Waals surface area contributed by atoms with Crippen LogP contribution in [0.15, 0.2) is 72.9 Å². The lowest BCUT2D eigenvalue weighted by molar-refractivity contribution is -0.167. The molecule has 6 nitrogen and oxygen atoms in total. The van der Waals surface area contributed by atoms with Crippen molar-refractivity contribution < 1.29 is 28.6 Å². The number of unbranched alkanes of at least 4 members (excludes halogenated alkanes) is 21. The van der Waals surface area contributed by atoms with Gasteiger partial charge in [0, 0.05) is 19.3 Å². The van der Waals surface area contributed by atoms with Gasteiger partial charge in [0.1, 0.15) is 13.2 Å². The second-order valence-electron chi connectivity index (χ2n) is 16.4. The number of rotatable bonds is 44. The predicted octanol–water partition coefficient (Wildman–Crippen LogP) is 16.3. The topological polar surface area (TPSA) is 78.9 Å². The van der Waals surface area contributed by atoms with E-state index in [0.29, 0.717) is 19.3 Å². The lowest BCUT2D eigenvalue weighted by atomic mass is 10.1. The van der Waals surface area contributed by atoms with Crippen LogP contribution in [0.3, 0.4) is 0 Å². The Hall–Kier alpha value is -3.15. The van der Waals surface area contributed by atoms with E-state index in [1.165, 1.54) is 89.9 Å². The molecule has 0 spiro atoms. The van der Waals surface area contributed by atoms with Crippen LogP contribution in [0.5, 0.6) is 0 Å². The Morgan fingerprint density at radius 2 is 0.650 bits per heavy atom. The Labute approximate surface area is 370 Å². The van der Waals surface area contributed by atoms with E-state index in [1.54, 1.807) is 0 Å². The maximum Gasteiger partial charge on any atom is 0.306 e. The molecule has 0 aliphatic heterocycles. The molecule has 0 aromatic heterocycles. The lowest BCUT2D eigenvalue weighted by Gasteiger charge is -2.18. The SMILES string of the molecule is CC/C=C\C/C=C\C/C=C\C/C=C\C/C=C\C/C=C\CCCCCCCCCCCCC(=O)OCC(COC(=O)CCCCCCC)OC(=O)CCCCCCCCCC. The average Bonchev–Trinajstić information content (AvgIpc) is 3.24. The first kappa shape index (κ1) is 56.9. The number of hydrogen-bond donors (Lipinski definition) is 0. The van der Waals surface area contributed by atoms with Crippen molar-refractivity contribution in [2.24, 2.45) is 0 Å². The van der Waals surface area contributed by atoms with Crippen LogP contribution < -0.4 is 0 Å². The summed E-state index contributed by atoms with van der Waals surface area (Å²) in [6, 6.07) is 0. The summed E-state index contributed by atoms with van der Waals surface area (Å²) in [6.07, 6.45) is 60.9. The van der Waals surface area contributed by atoms with Crippen molar-refractivity contribution in [2.45, 2.75) is 239 Å². The molecule has 0 amide bonds. The summed E-state index contributed by atoms with van der Waals surface area (Å²) in [6.45, 7) is 6.39. The third kappa shape index (κ3) is 45.9. The standard InChI is InChI=1S/C54H92O6/c1-4-7-10-13-15-17-18-19-20-21-22-23-24-25-26-27-28-29-30-31-32-33-34-35-36-37-39-41-44-47-53(56)59-50-51(49-58-52(55)46-43-40-12-9-6-3)60-54(57)48-45-42-38-16-14-11-8-5-2/h7,10,15,17,19-20,22-23,25-26,28-29,51H,4-6,8-9,11-14,16,18,21,24,27,30-50H2,1-3H3/b10-7-,17-15-,20-19-,23-22-,26-25-,29-28-. The van der Waals surface area contributed by atoms with E-state index in [0.717, 1.165) is 103 Å². The first-order chi connectivity index (χ1) is 29.5. The highest BCUT2D eigenvalue weighted by atomic mass is 16.6. The van der Waals surface area contributed by atoms with E-state index < -0.39 is 6.10 Å². The Balaban J connectivity index is 3.98. The molecule has 6 heteroatoms. The molecule has 0 aliphatic carbocycles. The van der Waals surface area contributed by atoms with Gasteiger partial charge in [-0.25, -0.2) is 0 Å². The third-order valence-electron chi connectivity index (χ3n) is 10.5. The van der Waals surface area contributed by atoms with Crippen molar-refractivity contribution in [3.05, 3.63) is 72.9 Å². The zero-order valence-electron chi connectivity index (χ0n) is 39.2. The minimum atomic E-state index is -0.767. The predicted molar refractivity (Wildman–Crippen MR) is 256 cm³/mol. The first-order valence-corrected chi connectivity index (χ1v) is 24.9. The molecule has 0 heterocycles. The van der Waals surface area contributed by atoms with Crippen molar-refractivity contribution in [1.82, 2.24) is 0 Å². The second-order valence-corrected chi connectivity index (χ2v) is 16.4. The van der Waals surface area contributed by atoms with Crippen molar-refractivity contribution in [1.29, 1.82) is 0 Å². The molecule has 0 bridgehead atoms. The quantitative estimate of drug-likeness (QED) is 0.0263. The van der Waals surface area contributed by atoms with Crippen molar-refractivity contribution in [3.63, 3.8) is 0 Å². The highest BCUT2D eigenvalue weighted by molar-refractivity contribution is 5.71. The number of hydrogen-bond acceptors (Lipinski definition) is 6. The summed E-state index contributed by atoms with van der Waals surface area (Å²) < 4.78 is 16.6. The van der Waals surface area contributed by atoms with Gasteiger partial charge in [0.25, 0.3) is 0 Å². The highest BCUT2D eigenvalue weighted by Gasteiger charge is 2.19. The minimum absolute atomic E-state index is 0.0757. The molecule has 0 rings (SSSR count). The molecular weight excluding hydrogens is 745 g/mol. The average molecular weight is 837 g/mol. The van der Waals surface area contributed by atoms with Gasteiger partial charge in [0.2, 0.25) is 0 Å². The summed E-state index contributed by atoms with van der Waals surface area (Å²) in [7, 11) is 0. The Morgan fingerprint density at radius 1 is 0.350 bits per heavy atom. The van der Waals surface area contributed by atoms with Crippen LogP contribution in [0.1, 0.15) is 233 Å². The maximum absolute atomic E-state index is 12.6. The Bertz CT molecular complexity index is 1140. The van der Waals surface area contributed by atoms with E-state index in [4.69, 9.17) is 14.2 Å². The normalized spacial score (nSPS) is 12.7. The van der Waals surface area contributed by atoms with E-state index in [2.05, 4.69) is 93.7 Å². The van der Waals surface area contributed by atoms with Crippen LogP contribution in [0, 0.1) is 0 Å². The van der Waals surface area contributed by atoms with Crippen molar-refractivity contribution in [3.8, 4) is 0 Å². The van der Waals surface area contributed by atoms with Gasteiger partial charge in [0.05, 0.1) is 0 Å². The monoisotopic (exact) mass is 837 g/mol. The van der Waals surface area contributed by atoms with Crippen LogP contribution in [-0.2, 0) is 28.6 Å². The van der Waals surface area contributed by atoms with Gasteiger partial charge in [-0.2, -0.15) is 0 Å². The van der Waals surface area contributed by atoms with Crippen LogP contribution in [-0.4, -0.2) is 37.2 Å². The summed E-state index contributed by atoms with van der Waals surface area (Å²) in [5.41, 5.74) is 0.